The fourth-order valence-corrected chi connectivity index (χ4v) is 1.28. The summed E-state index contributed by atoms with van der Waals surface area (Å²) in [5, 5.41) is 0. The molecule has 0 N–H and O–H groups in total. The summed E-state index contributed by atoms with van der Waals surface area (Å²) in [6, 6.07) is 5.59. The summed E-state index contributed by atoms with van der Waals surface area (Å²) in [6.07, 6.45) is 0. The Bertz CT molecular complexity index is 494. The van der Waals surface area contributed by atoms with Crippen LogP contribution in [0.15, 0.2) is 18.2 Å². The Labute approximate surface area is 148 Å². The molecule has 1 aromatic rings. The molecule has 24 heavy (non-hydrogen) atoms. The van der Waals surface area contributed by atoms with Gasteiger partial charge in [-0.05, 0) is 0 Å². The van der Waals surface area contributed by atoms with Gasteiger partial charge >= 0.3 is 148 Å². The van der Waals surface area contributed by atoms with E-state index < -0.39 is 0 Å². The Morgan fingerprint density at radius 3 is 1.42 bits per heavy atom. The first-order valence-electron chi connectivity index (χ1n) is 5.05. The summed E-state index contributed by atoms with van der Waals surface area (Å²) in [7, 11) is 4.83. The third-order valence-electron chi connectivity index (χ3n) is 1.80. The summed E-state index contributed by atoms with van der Waals surface area (Å²) in [4.78, 5) is 0. The van der Waals surface area contributed by atoms with Crippen molar-refractivity contribution >= 4 is 4.57 Å². The Kier molecular flexibility index (Phi) is 45.7. The molecular formula is C15H12CrO8. The van der Waals surface area contributed by atoms with Gasteiger partial charge in [-0.25, -0.2) is 0 Å². The number of rotatable bonds is 4. The molecule has 1 rings (SSSR count). The van der Waals surface area contributed by atoms with Gasteiger partial charge in [-0.2, -0.15) is 0 Å². The topological polar surface area (TPSA) is 127 Å². The van der Waals surface area contributed by atoms with Gasteiger partial charge in [0.25, 0.3) is 0 Å². The maximum atomic E-state index is 7.50. The average Bonchev–Trinajstić information content (AvgIpc) is 2.74. The number of benzene rings is 1. The van der Waals surface area contributed by atoms with Crippen molar-refractivity contribution in [2.45, 2.75) is 0 Å². The van der Waals surface area contributed by atoms with Crippen molar-refractivity contribution in [1.29, 1.82) is 0 Å². The molecule has 0 saturated carbocycles. The SMILES string of the molecule is CO[C](=[Cr])c1ccc(OC)c(OC)c1.[C-]#[O+].[C-]#[O+].[C-]#[O+].[C-]#[O+].[C-]#[O+]. The molecule has 126 valence electrons. The van der Waals surface area contributed by atoms with Crippen molar-refractivity contribution in [3.63, 3.8) is 0 Å². The van der Waals surface area contributed by atoms with E-state index in [1.807, 2.05) is 18.2 Å². The molecule has 0 bridgehead atoms. The zero-order valence-corrected chi connectivity index (χ0v) is 14.2. The Morgan fingerprint density at radius 1 is 0.750 bits per heavy atom. The second-order valence-corrected chi connectivity index (χ2v) is 3.14. The molecule has 0 aliphatic carbocycles. The third kappa shape index (κ3) is 16.3. The van der Waals surface area contributed by atoms with Crippen molar-refractivity contribution < 1.29 is 53.3 Å². The fourth-order valence-electron chi connectivity index (χ4n) is 1.08. The minimum absolute atomic E-state index is 0.690. The number of methoxy groups -OCH3 is 3. The summed E-state index contributed by atoms with van der Waals surface area (Å²) in [5.41, 5.74) is 0.935. The second kappa shape index (κ2) is 32.7. The van der Waals surface area contributed by atoms with Gasteiger partial charge in [0.1, 0.15) is 0 Å². The maximum absolute atomic E-state index is 7.50. The van der Waals surface area contributed by atoms with Crippen molar-refractivity contribution in [2.24, 2.45) is 0 Å². The van der Waals surface area contributed by atoms with Gasteiger partial charge in [0.05, 0.1) is 0 Å². The van der Waals surface area contributed by atoms with Crippen molar-refractivity contribution in [2.75, 3.05) is 21.3 Å². The van der Waals surface area contributed by atoms with Gasteiger partial charge < -0.3 is 0 Å². The Morgan fingerprint density at radius 2 is 1.12 bits per heavy atom. The van der Waals surface area contributed by atoms with Crippen LogP contribution in [0.25, 0.3) is 0 Å². The van der Waals surface area contributed by atoms with Crippen LogP contribution in [0.2, 0.25) is 0 Å². The van der Waals surface area contributed by atoms with Crippen LogP contribution in [0, 0.1) is 33.3 Å². The number of hydrogen-bond acceptors (Lipinski definition) is 3. The Hall–Kier alpha value is -2.12. The van der Waals surface area contributed by atoms with Crippen LogP contribution in [-0.4, -0.2) is 25.9 Å². The molecule has 0 heterocycles. The minimum atomic E-state index is 0.690. The van der Waals surface area contributed by atoms with Crippen LogP contribution in [0.4, 0.5) is 0 Å². The van der Waals surface area contributed by atoms with Crippen molar-refractivity contribution in [3.05, 3.63) is 57.0 Å². The molecule has 8 nitrogen and oxygen atoms in total. The molecule has 0 fully saturated rings. The first-order valence-corrected chi connectivity index (χ1v) is 5.69. The number of hydrogen-bond donors (Lipinski definition) is 0. The molecule has 0 radical (unpaired) electrons. The van der Waals surface area contributed by atoms with E-state index in [1.54, 1.807) is 21.3 Å². The summed E-state index contributed by atoms with van der Waals surface area (Å²) in [6.45, 7) is 22.5. The van der Waals surface area contributed by atoms with Crippen LogP contribution in [0.3, 0.4) is 0 Å². The first-order chi connectivity index (χ1) is 11.7. The Balaban J connectivity index is -0.000000103. The zero-order valence-electron chi connectivity index (χ0n) is 12.9. The summed E-state index contributed by atoms with van der Waals surface area (Å²) in [5.74, 6) is 1.40. The van der Waals surface area contributed by atoms with E-state index in [0.717, 1.165) is 10.1 Å². The van der Waals surface area contributed by atoms with Gasteiger partial charge in [0.2, 0.25) is 0 Å². The predicted molar refractivity (Wildman–Crippen MR) is 70.3 cm³/mol. The summed E-state index contributed by atoms with van der Waals surface area (Å²) >= 11 is 2.83. The molecular weight excluding hydrogens is 360 g/mol. The van der Waals surface area contributed by atoms with Crippen LogP contribution >= 0.6 is 0 Å². The van der Waals surface area contributed by atoms with E-state index in [0.29, 0.717) is 11.5 Å². The van der Waals surface area contributed by atoms with E-state index >= 15 is 0 Å². The molecule has 0 aromatic heterocycles. The average molecular weight is 372 g/mol. The van der Waals surface area contributed by atoms with E-state index in [-0.39, 0.29) is 0 Å². The van der Waals surface area contributed by atoms with Crippen molar-refractivity contribution in [1.82, 2.24) is 0 Å². The molecule has 1 aromatic carbocycles. The van der Waals surface area contributed by atoms with Gasteiger partial charge in [-0.1, -0.05) is 0 Å². The summed E-state index contributed by atoms with van der Waals surface area (Å²) < 4.78 is 53.6. The van der Waals surface area contributed by atoms with E-state index in [4.69, 9.17) is 37.5 Å². The van der Waals surface area contributed by atoms with Crippen LogP contribution in [0.1, 0.15) is 5.56 Å². The molecule has 0 aliphatic rings. The van der Waals surface area contributed by atoms with E-state index in [2.05, 4.69) is 49.1 Å². The van der Waals surface area contributed by atoms with Gasteiger partial charge in [-0.15, -0.1) is 0 Å². The monoisotopic (exact) mass is 372 g/mol. The third-order valence-corrected chi connectivity index (χ3v) is 2.43. The molecule has 0 atom stereocenters. The molecule has 9 heteroatoms. The van der Waals surface area contributed by atoms with Crippen LogP contribution < -0.4 is 9.47 Å². The van der Waals surface area contributed by atoms with Crippen molar-refractivity contribution in [3.8, 4) is 11.5 Å². The van der Waals surface area contributed by atoms with Crippen LogP contribution in [0.5, 0.6) is 11.5 Å². The van der Waals surface area contributed by atoms with E-state index in [1.165, 1.54) is 0 Å². The fraction of sp³-hybridized carbons (Fsp3) is 0.200. The van der Waals surface area contributed by atoms with Gasteiger partial charge in [0, 0.05) is 0 Å². The molecule has 0 spiro atoms. The predicted octanol–water partition coefficient (Wildman–Crippen LogP) is 1.19. The molecule has 0 unspecified atom stereocenters. The molecule has 0 amide bonds. The van der Waals surface area contributed by atoms with Gasteiger partial charge in [-0.3, -0.25) is 0 Å². The zero-order chi connectivity index (χ0) is 20.6. The molecule has 0 aliphatic heterocycles. The molecule has 0 saturated heterocycles. The quantitative estimate of drug-likeness (QED) is 0.582. The second-order valence-electron chi connectivity index (χ2n) is 2.56. The standard InChI is InChI=1S/C10H12O3.5CO.Cr/c1-11-7-8-4-5-9(12-2)10(6-8)13-3;5*1-2;/h4-6H,1-3H3;;;;;;. The van der Waals surface area contributed by atoms with Gasteiger partial charge in [0.15, 0.2) is 0 Å². The normalized spacial score (nSPS) is 6.04. The van der Waals surface area contributed by atoms with E-state index in [9.17, 15) is 0 Å². The first kappa shape index (κ1) is 33.5. The van der Waals surface area contributed by atoms with Crippen LogP contribution in [-0.2, 0) is 43.8 Å². The number of ether oxygens (including phenoxy) is 3.